The Morgan fingerprint density at radius 3 is 3.00 bits per heavy atom. The Kier molecular flexibility index (Phi) is 1.11. The van der Waals surface area contributed by atoms with Crippen molar-refractivity contribution in [3.63, 3.8) is 0 Å². The Morgan fingerprint density at radius 2 is 2.71 bits per heavy atom. The zero-order valence-electron chi connectivity index (χ0n) is 3.77. The van der Waals surface area contributed by atoms with Crippen molar-refractivity contribution in [2.24, 2.45) is 0 Å². The zero-order chi connectivity index (χ0) is 5.11. The highest BCUT2D eigenvalue weighted by atomic mass is 16.1. The third kappa shape index (κ3) is 1.03. The standard InChI is InChI=1S/C5H5NO/c7-5-1-3-6-4-2-5/h1,3,6H,2H2. The Labute approximate surface area is 42.2 Å². The molecule has 0 aliphatic carbocycles. The average Bonchev–Trinajstić information content (AvgIpc) is 1.69. The van der Waals surface area contributed by atoms with Gasteiger partial charge in [-0.15, -0.1) is 0 Å². The van der Waals surface area contributed by atoms with Crippen molar-refractivity contribution >= 4 is 5.78 Å². The molecule has 0 saturated carbocycles. The van der Waals surface area contributed by atoms with Crippen LogP contribution in [-0.2, 0) is 4.79 Å². The molecule has 0 fully saturated rings. The van der Waals surface area contributed by atoms with E-state index in [1.807, 2.05) is 0 Å². The van der Waals surface area contributed by atoms with E-state index in [9.17, 15) is 4.79 Å². The van der Waals surface area contributed by atoms with E-state index in [1.165, 1.54) is 6.08 Å². The summed E-state index contributed by atoms with van der Waals surface area (Å²) in [5.74, 6) is 0.110. The molecule has 1 heterocycles. The number of nitrogens with one attached hydrogen (secondary N) is 1. The summed E-state index contributed by atoms with van der Waals surface area (Å²) in [6.45, 7) is 2.65. The maximum Gasteiger partial charge on any atom is 0.159 e. The van der Waals surface area contributed by atoms with Crippen LogP contribution in [0.2, 0.25) is 0 Å². The Bertz CT molecular complexity index is 107. The highest BCUT2D eigenvalue weighted by molar-refractivity contribution is 5.91. The average molecular weight is 95.1 g/mol. The van der Waals surface area contributed by atoms with Crippen molar-refractivity contribution in [2.75, 3.05) is 0 Å². The fraction of sp³-hybridized carbons (Fsp3) is 0.200. The van der Waals surface area contributed by atoms with Gasteiger partial charge in [0.2, 0.25) is 0 Å². The summed E-state index contributed by atoms with van der Waals surface area (Å²) in [6, 6.07) is 0. The molecule has 0 aromatic heterocycles. The molecule has 0 spiro atoms. The minimum atomic E-state index is 0.110. The molecule has 0 amide bonds. The Balaban J connectivity index is 2.51. The smallest absolute Gasteiger partial charge is 0.159 e. The van der Waals surface area contributed by atoms with Gasteiger partial charge in [-0.1, -0.05) is 0 Å². The van der Waals surface area contributed by atoms with Crippen LogP contribution in [0.25, 0.3) is 0 Å². The molecule has 2 radical (unpaired) electrons. The van der Waals surface area contributed by atoms with Crippen LogP contribution in [0, 0.1) is 6.54 Å². The van der Waals surface area contributed by atoms with Gasteiger partial charge in [0.15, 0.2) is 5.78 Å². The lowest BCUT2D eigenvalue weighted by molar-refractivity contribution is -0.114. The second-order valence-electron chi connectivity index (χ2n) is 1.30. The number of hydrogen-bond acceptors (Lipinski definition) is 2. The van der Waals surface area contributed by atoms with E-state index in [-0.39, 0.29) is 5.78 Å². The normalized spacial score (nSPS) is 19.1. The Morgan fingerprint density at radius 1 is 1.86 bits per heavy atom. The van der Waals surface area contributed by atoms with Gasteiger partial charge in [0, 0.05) is 12.6 Å². The molecular formula is C5H5NO. The number of carbonyl (C=O) groups excluding carboxylic acids is 1. The molecule has 0 unspecified atom stereocenters. The molecule has 2 nitrogen and oxygen atoms in total. The number of rotatable bonds is 0. The Hall–Kier alpha value is -0.790. The van der Waals surface area contributed by atoms with Gasteiger partial charge in [0.25, 0.3) is 0 Å². The first kappa shape index (κ1) is 4.37. The third-order valence-corrected chi connectivity index (χ3v) is 0.717. The van der Waals surface area contributed by atoms with Gasteiger partial charge < -0.3 is 5.32 Å². The number of carbonyl (C=O) groups is 1. The quantitative estimate of drug-likeness (QED) is 0.462. The van der Waals surface area contributed by atoms with E-state index in [4.69, 9.17) is 0 Å². The van der Waals surface area contributed by atoms with Crippen LogP contribution in [0.3, 0.4) is 0 Å². The van der Waals surface area contributed by atoms with Gasteiger partial charge in [-0.25, -0.2) is 0 Å². The molecule has 2 heteroatoms. The van der Waals surface area contributed by atoms with Crippen molar-refractivity contribution in [3.05, 3.63) is 18.8 Å². The second-order valence-corrected chi connectivity index (χ2v) is 1.30. The second kappa shape index (κ2) is 1.78. The first-order valence-corrected chi connectivity index (χ1v) is 2.07. The lowest BCUT2D eigenvalue weighted by atomic mass is 10.2. The maximum absolute atomic E-state index is 10.3. The van der Waals surface area contributed by atoms with Crippen molar-refractivity contribution in [1.29, 1.82) is 0 Å². The van der Waals surface area contributed by atoms with Crippen LogP contribution in [0.1, 0.15) is 6.42 Å². The highest BCUT2D eigenvalue weighted by Gasteiger charge is 1.99. The van der Waals surface area contributed by atoms with Gasteiger partial charge in [0.05, 0.1) is 6.54 Å². The molecule has 0 atom stereocenters. The van der Waals surface area contributed by atoms with Gasteiger partial charge in [-0.2, -0.15) is 0 Å². The predicted molar refractivity (Wildman–Crippen MR) is 25.1 cm³/mol. The maximum atomic E-state index is 10.3. The molecule has 0 saturated heterocycles. The van der Waals surface area contributed by atoms with Crippen molar-refractivity contribution in [2.45, 2.75) is 6.42 Å². The number of hydrogen-bond donors (Lipinski definition) is 1. The van der Waals surface area contributed by atoms with E-state index in [1.54, 1.807) is 6.20 Å². The first-order chi connectivity index (χ1) is 3.39. The summed E-state index contributed by atoms with van der Waals surface area (Å²) in [5.41, 5.74) is 0. The minimum absolute atomic E-state index is 0.110. The molecule has 0 aromatic carbocycles. The molecule has 1 aliphatic heterocycles. The third-order valence-electron chi connectivity index (χ3n) is 0.717. The highest BCUT2D eigenvalue weighted by Crippen LogP contribution is 1.92. The van der Waals surface area contributed by atoms with Crippen LogP contribution in [0.4, 0.5) is 0 Å². The lowest BCUT2D eigenvalue weighted by Crippen LogP contribution is -2.10. The van der Waals surface area contributed by atoms with Gasteiger partial charge in [-0.05, 0) is 6.08 Å². The zero-order valence-corrected chi connectivity index (χ0v) is 3.77. The molecule has 1 rings (SSSR count). The van der Waals surface area contributed by atoms with Gasteiger partial charge in [-0.3, -0.25) is 4.79 Å². The monoisotopic (exact) mass is 95.0 g/mol. The molecule has 7 heavy (non-hydrogen) atoms. The summed E-state index contributed by atoms with van der Waals surface area (Å²) < 4.78 is 0. The van der Waals surface area contributed by atoms with E-state index >= 15 is 0 Å². The molecule has 1 aliphatic rings. The number of allylic oxidation sites excluding steroid dienone is 1. The van der Waals surface area contributed by atoms with E-state index < -0.39 is 0 Å². The summed E-state index contributed by atoms with van der Waals surface area (Å²) in [4.78, 5) is 10.3. The van der Waals surface area contributed by atoms with Gasteiger partial charge >= 0.3 is 0 Å². The van der Waals surface area contributed by atoms with Crippen LogP contribution in [0.5, 0.6) is 0 Å². The van der Waals surface area contributed by atoms with Crippen LogP contribution < -0.4 is 5.32 Å². The van der Waals surface area contributed by atoms with E-state index in [0.717, 1.165) is 0 Å². The molecule has 36 valence electrons. The summed E-state index contributed by atoms with van der Waals surface area (Å²) in [7, 11) is 0. The predicted octanol–water partition coefficient (Wildman–Crippen LogP) is 0.101. The molecule has 0 aromatic rings. The van der Waals surface area contributed by atoms with Crippen LogP contribution in [0.15, 0.2) is 12.3 Å². The largest absolute Gasteiger partial charge is 0.380 e. The fourth-order valence-electron chi connectivity index (χ4n) is 0.391. The molecule has 0 bridgehead atoms. The van der Waals surface area contributed by atoms with Crippen molar-refractivity contribution < 1.29 is 4.79 Å². The van der Waals surface area contributed by atoms with Crippen LogP contribution in [-0.4, -0.2) is 5.78 Å². The summed E-state index contributed by atoms with van der Waals surface area (Å²) in [5, 5.41) is 2.66. The van der Waals surface area contributed by atoms with E-state index in [0.29, 0.717) is 6.42 Å². The van der Waals surface area contributed by atoms with Crippen LogP contribution >= 0.6 is 0 Å². The lowest BCUT2D eigenvalue weighted by Gasteiger charge is -1.99. The molecule has 1 N–H and O–H groups in total. The first-order valence-electron chi connectivity index (χ1n) is 2.07. The fourth-order valence-corrected chi connectivity index (χ4v) is 0.391. The summed E-state index contributed by atoms with van der Waals surface area (Å²) in [6.07, 6.45) is 3.47. The van der Waals surface area contributed by atoms with E-state index in [2.05, 4.69) is 11.9 Å². The van der Waals surface area contributed by atoms with Crippen molar-refractivity contribution in [1.82, 2.24) is 5.32 Å². The SMILES string of the molecule is O=C1C=CN[C]C1. The number of ketones is 1. The van der Waals surface area contributed by atoms with Crippen molar-refractivity contribution in [3.8, 4) is 0 Å². The summed E-state index contributed by atoms with van der Waals surface area (Å²) >= 11 is 0. The van der Waals surface area contributed by atoms with Gasteiger partial charge in [0.1, 0.15) is 0 Å². The minimum Gasteiger partial charge on any atom is -0.380 e. The topological polar surface area (TPSA) is 29.1 Å². The molecular weight excluding hydrogens is 90.1 g/mol.